The monoisotopic (exact) mass is 210 g/mol. The second-order valence-corrected chi connectivity index (χ2v) is 4.44. The molecule has 2 rings (SSSR count). The Balaban J connectivity index is 1.87. The second kappa shape index (κ2) is 4.57. The lowest BCUT2D eigenvalue weighted by molar-refractivity contribution is 0.0935. The van der Waals surface area contributed by atoms with Crippen LogP contribution < -0.4 is 10.6 Å². The quantitative estimate of drug-likeness (QED) is 0.771. The van der Waals surface area contributed by atoms with E-state index in [2.05, 4.69) is 10.6 Å². The lowest BCUT2D eigenvalue weighted by Crippen LogP contribution is -2.45. The molecule has 1 saturated heterocycles. The minimum atomic E-state index is 0.0636. The first-order chi connectivity index (χ1) is 6.86. The summed E-state index contributed by atoms with van der Waals surface area (Å²) in [7, 11) is 0. The van der Waals surface area contributed by atoms with Crippen molar-refractivity contribution >= 4 is 17.2 Å². The number of hydrogen-bond acceptors (Lipinski definition) is 3. The van der Waals surface area contributed by atoms with Gasteiger partial charge in [0.25, 0.3) is 5.91 Å². The number of amides is 1. The van der Waals surface area contributed by atoms with E-state index in [1.807, 2.05) is 17.5 Å². The second-order valence-electron chi connectivity index (χ2n) is 3.49. The van der Waals surface area contributed by atoms with Gasteiger partial charge in [-0.1, -0.05) is 6.07 Å². The minimum Gasteiger partial charge on any atom is -0.347 e. The number of hydrogen-bond donors (Lipinski definition) is 2. The van der Waals surface area contributed by atoms with Gasteiger partial charge in [-0.2, -0.15) is 0 Å². The summed E-state index contributed by atoms with van der Waals surface area (Å²) < 4.78 is 0. The average molecular weight is 210 g/mol. The van der Waals surface area contributed by atoms with Crippen molar-refractivity contribution in [2.24, 2.45) is 0 Å². The fourth-order valence-corrected chi connectivity index (χ4v) is 2.27. The maximum Gasteiger partial charge on any atom is 0.261 e. The van der Waals surface area contributed by atoms with E-state index in [0.29, 0.717) is 6.04 Å². The van der Waals surface area contributed by atoms with Crippen LogP contribution in [0.5, 0.6) is 0 Å². The fourth-order valence-electron chi connectivity index (χ4n) is 1.64. The Morgan fingerprint density at radius 1 is 1.64 bits per heavy atom. The van der Waals surface area contributed by atoms with Gasteiger partial charge in [0, 0.05) is 12.6 Å². The van der Waals surface area contributed by atoms with Crippen molar-refractivity contribution in [3.63, 3.8) is 0 Å². The van der Waals surface area contributed by atoms with E-state index >= 15 is 0 Å². The van der Waals surface area contributed by atoms with Gasteiger partial charge >= 0.3 is 0 Å². The molecule has 1 aliphatic rings. The Morgan fingerprint density at radius 3 is 3.21 bits per heavy atom. The molecule has 3 nitrogen and oxygen atoms in total. The molecule has 0 aliphatic carbocycles. The summed E-state index contributed by atoms with van der Waals surface area (Å²) in [6, 6.07) is 4.06. The Hall–Kier alpha value is -0.870. The van der Waals surface area contributed by atoms with Crippen LogP contribution in [0.15, 0.2) is 17.5 Å². The van der Waals surface area contributed by atoms with Crippen LogP contribution in [0.2, 0.25) is 0 Å². The predicted octanol–water partition coefficient (Wildman–Crippen LogP) is 1.23. The third-order valence-electron chi connectivity index (χ3n) is 2.38. The normalized spacial score (nSPS) is 21.9. The molecule has 1 fully saturated rings. The van der Waals surface area contributed by atoms with Gasteiger partial charge in [0.15, 0.2) is 0 Å². The molecular formula is C10H14N2OS. The van der Waals surface area contributed by atoms with Gasteiger partial charge < -0.3 is 10.6 Å². The first-order valence-corrected chi connectivity index (χ1v) is 5.79. The Labute approximate surface area is 87.5 Å². The van der Waals surface area contributed by atoms with Crippen LogP contribution in [0, 0.1) is 0 Å². The standard InChI is InChI=1S/C10H14N2OS/c13-10(9-4-2-6-14-9)12-8-3-1-5-11-7-8/h2,4,6,8,11H,1,3,5,7H2,(H,12,13)/t8-/m1/s1. The van der Waals surface area contributed by atoms with E-state index in [1.54, 1.807) is 0 Å². The molecule has 0 unspecified atom stereocenters. The summed E-state index contributed by atoms with van der Waals surface area (Å²) in [5.74, 6) is 0.0636. The summed E-state index contributed by atoms with van der Waals surface area (Å²) in [6.45, 7) is 1.97. The van der Waals surface area contributed by atoms with E-state index in [9.17, 15) is 4.79 Å². The Kier molecular flexibility index (Phi) is 3.16. The lowest BCUT2D eigenvalue weighted by atomic mass is 10.1. The summed E-state index contributed by atoms with van der Waals surface area (Å²) in [5.41, 5.74) is 0. The SMILES string of the molecule is O=C(N[C@@H]1CCCNC1)c1cccs1. The summed E-state index contributed by atoms with van der Waals surface area (Å²) >= 11 is 1.49. The maximum atomic E-state index is 11.6. The van der Waals surface area contributed by atoms with Gasteiger partial charge in [-0.3, -0.25) is 4.79 Å². The molecule has 1 atom stereocenters. The average Bonchev–Trinajstić information content (AvgIpc) is 2.72. The molecule has 1 aromatic rings. The van der Waals surface area contributed by atoms with Gasteiger partial charge in [-0.05, 0) is 30.8 Å². The minimum absolute atomic E-state index is 0.0636. The zero-order chi connectivity index (χ0) is 9.80. The zero-order valence-electron chi connectivity index (χ0n) is 7.95. The summed E-state index contributed by atoms with van der Waals surface area (Å²) in [6.07, 6.45) is 2.24. The van der Waals surface area contributed by atoms with Crippen LogP contribution in [0.25, 0.3) is 0 Å². The molecule has 2 N–H and O–H groups in total. The van der Waals surface area contributed by atoms with Crippen molar-refractivity contribution in [3.8, 4) is 0 Å². The summed E-state index contributed by atoms with van der Waals surface area (Å²) in [4.78, 5) is 12.4. The largest absolute Gasteiger partial charge is 0.347 e. The van der Waals surface area contributed by atoms with Crippen molar-refractivity contribution in [2.75, 3.05) is 13.1 Å². The molecule has 2 heterocycles. The van der Waals surface area contributed by atoms with Crippen LogP contribution in [0.3, 0.4) is 0 Å². The van der Waals surface area contributed by atoms with Crippen LogP contribution in [0.1, 0.15) is 22.5 Å². The lowest BCUT2D eigenvalue weighted by Gasteiger charge is -2.23. The van der Waals surface area contributed by atoms with Crippen molar-refractivity contribution in [1.82, 2.24) is 10.6 Å². The molecule has 0 bridgehead atoms. The number of carbonyl (C=O) groups is 1. The molecule has 4 heteroatoms. The Morgan fingerprint density at radius 2 is 2.57 bits per heavy atom. The highest BCUT2D eigenvalue weighted by atomic mass is 32.1. The zero-order valence-corrected chi connectivity index (χ0v) is 8.77. The predicted molar refractivity (Wildman–Crippen MR) is 57.7 cm³/mol. The van der Waals surface area contributed by atoms with E-state index < -0.39 is 0 Å². The van der Waals surface area contributed by atoms with E-state index in [-0.39, 0.29) is 5.91 Å². The maximum absolute atomic E-state index is 11.6. The van der Waals surface area contributed by atoms with Crippen molar-refractivity contribution in [3.05, 3.63) is 22.4 Å². The van der Waals surface area contributed by atoms with Crippen LogP contribution in [0.4, 0.5) is 0 Å². The van der Waals surface area contributed by atoms with E-state index in [4.69, 9.17) is 0 Å². The molecule has 1 aliphatic heterocycles. The highest BCUT2D eigenvalue weighted by molar-refractivity contribution is 7.12. The molecule has 0 aromatic carbocycles. The highest BCUT2D eigenvalue weighted by Crippen LogP contribution is 2.09. The smallest absolute Gasteiger partial charge is 0.261 e. The number of thiophene rings is 1. The van der Waals surface area contributed by atoms with Gasteiger partial charge in [0.1, 0.15) is 0 Å². The number of nitrogens with one attached hydrogen (secondary N) is 2. The van der Waals surface area contributed by atoms with Crippen LogP contribution in [-0.4, -0.2) is 25.0 Å². The molecule has 0 radical (unpaired) electrons. The molecule has 14 heavy (non-hydrogen) atoms. The summed E-state index contributed by atoms with van der Waals surface area (Å²) in [5, 5.41) is 8.23. The number of carbonyl (C=O) groups excluding carboxylic acids is 1. The molecule has 0 saturated carbocycles. The Bertz CT molecular complexity index is 291. The van der Waals surface area contributed by atoms with Gasteiger partial charge in [0.2, 0.25) is 0 Å². The van der Waals surface area contributed by atoms with Gasteiger partial charge in [0.05, 0.1) is 4.88 Å². The van der Waals surface area contributed by atoms with Gasteiger partial charge in [-0.25, -0.2) is 0 Å². The number of piperidine rings is 1. The molecule has 1 aromatic heterocycles. The van der Waals surface area contributed by atoms with E-state index in [1.165, 1.54) is 11.3 Å². The van der Waals surface area contributed by atoms with Crippen LogP contribution in [-0.2, 0) is 0 Å². The van der Waals surface area contributed by atoms with Crippen molar-refractivity contribution in [1.29, 1.82) is 0 Å². The van der Waals surface area contributed by atoms with Gasteiger partial charge in [-0.15, -0.1) is 11.3 Å². The third-order valence-corrected chi connectivity index (χ3v) is 3.25. The molecule has 0 spiro atoms. The van der Waals surface area contributed by atoms with Crippen LogP contribution >= 0.6 is 11.3 Å². The first kappa shape index (κ1) is 9.68. The fraction of sp³-hybridized carbons (Fsp3) is 0.500. The molecule has 1 amide bonds. The topological polar surface area (TPSA) is 41.1 Å². The molecular weight excluding hydrogens is 196 g/mol. The highest BCUT2D eigenvalue weighted by Gasteiger charge is 2.16. The first-order valence-electron chi connectivity index (χ1n) is 4.91. The number of rotatable bonds is 2. The van der Waals surface area contributed by atoms with Crippen molar-refractivity contribution < 1.29 is 4.79 Å². The van der Waals surface area contributed by atoms with Crippen molar-refractivity contribution in [2.45, 2.75) is 18.9 Å². The van der Waals surface area contributed by atoms with E-state index in [0.717, 1.165) is 30.8 Å². The third kappa shape index (κ3) is 2.33. The molecule has 76 valence electrons.